The van der Waals surface area contributed by atoms with Gasteiger partial charge in [-0.25, -0.2) is 0 Å². The Bertz CT molecular complexity index is 980. The summed E-state index contributed by atoms with van der Waals surface area (Å²) < 4.78 is 44.7. The van der Waals surface area contributed by atoms with E-state index in [1.165, 1.54) is 0 Å². The molecule has 8 heteroatoms. The van der Waals surface area contributed by atoms with Gasteiger partial charge in [0.25, 0.3) is 0 Å². The van der Waals surface area contributed by atoms with Crippen molar-refractivity contribution in [3.05, 3.63) is 53.1 Å². The zero-order chi connectivity index (χ0) is 28.1. The average molecular weight is 527 g/mol. The summed E-state index contributed by atoms with van der Waals surface area (Å²) in [4.78, 5) is 9.60. The van der Waals surface area contributed by atoms with Crippen molar-refractivity contribution in [3.63, 3.8) is 0 Å². The molecule has 0 saturated heterocycles. The van der Waals surface area contributed by atoms with Gasteiger partial charge >= 0.3 is 12.1 Å². The molecule has 36 heavy (non-hydrogen) atoms. The number of carbonyl (C=O) groups is 1. The number of carboxylic acids is 1. The van der Waals surface area contributed by atoms with Crippen LogP contribution < -0.4 is 9.92 Å². The zero-order valence-electron chi connectivity index (χ0n) is 22.9. The number of rotatable bonds is 6. The molecule has 0 aliphatic carbocycles. The van der Waals surface area contributed by atoms with Crippen LogP contribution in [-0.4, -0.2) is 30.5 Å². The zero-order valence-corrected chi connectivity index (χ0v) is 23.9. The highest BCUT2D eigenvalue weighted by Crippen LogP contribution is 2.41. The second-order valence-corrected chi connectivity index (χ2v) is 16.4. The van der Waals surface area contributed by atoms with Crippen LogP contribution in [0.15, 0.2) is 36.4 Å². The van der Waals surface area contributed by atoms with Crippen LogP contribution in [0.2, 0.25) is 13.1 Å². The van der Waals surface area contributed by atoms with E-state index in [-0.39, 0.29) is 10.8 Å². The van der Waals surface area contributed by atoms with Crippen LogP contribution in [0, 0.1) is 0 Å². The van der Waals surface area contributed by atoms with Gasteiger partial charge < -0.3 is 14.9 Å². The third kappa shape index (κ3) is 9.19. The highest BCUT2D eigenvalue weighted by atomic mass is 28.3. The maximum Gasteiger partial charge on any atom is 0.416 e. The van der Waals surface area contributed by atoms with Crippen LogP contribution in [0.3, 0.4) is 0 Å². The van der Waals surface area contributed by atoms with Crippen LogP contribution in [0.4, 0.5) is 13.2 Å². The normalized spacial score (nSPS) is 12.6. The minimum Gasteiger partial charge on any atom is -0.507 e. The molecule has 0 amide bonds. The molecule has 2 rings (SSSR count). The van der Waals surface area contributed by atoms with Gasteiger partial charge in [-0.3, -0.25) is 4.79 Å². The monoisotopic (exact) mass is 526 g/mol. The summed E-state index contributed by atoms with van der Waals surface area (Å²) in [5, 5.41) is 19.7. The molecule has 0 aliphatic rings. The van der Waals surface area contributed by atoms with Gasteiger partial charge in [-0.05, 0) is 29.4 Å². The van der Waals surface area contributed by atoms with Crippen molar-refractivity contribution < 1.29 is 32.9 Å². The highest BCUT2D eigenvalue weighted by Gasteiger charge is 2.32. The summed E-state index contributed by atoms with van der Waals surface area (Å²) in [5.74, 6) is 0.259. The maximum absolute atomic E-state index is 12.9. The molecule has 0 radical (unpaired) electrons. The third-order valence-electron chi connectivity index (χ3n) is 5.76. The molecule has 0 fully saturated rings. The summed E-state index contributed by atoms with van der Waals surface area (Å²) in [6, 6.07) is 9.16. The largest absolute Gasteiger partial charge is 0.507 e. The summed E-state index contributed by atoms with van der Waals surface area (Å²) in [5.41, 5.74) is 0.478. The smallest absolute Gasteiger partial charge is 0.416 e. The quantitative estimate of drug-likeness (QED) is 0.385. The number of alkyl halides is 3. The molecule has 0 atom stereocenters. The maximum atomic E-state index is 12.9. The van der Waals surface area contributed by atoms with E-state index < -0.39 is 25.8 Å². The summed E-state index contributed by atoms with van der Waals surface area (Å²) in [7, 11) is -2.14. The second-order valence-electron chi connectivity index (χ2n) is 11.8. The van der Waals surface area contributed by atoms with E-state index in [1.54, 1.807) is 12.1 Å². The molecular weight excluding hydrogens is 485 g/mol. The van der Waals surface area contributed by atoms with E-state index in [2.05, 4.69) is 13.1 Å². The SMILES string of the molecule is CC(C)(C)c1cc(OC[Si](C)(C)c2ccc(C(F)(F)F)cc2)cc(C(C)(C)C)c1O.CCCC(=O)O. The molecule has 2 aromatic rings. The Hall–Kier alpha value is -2.48. The van der Waals surface area contributed by atoms with Crippen LogP contribution in [-0.2, 0) is 21.8 Å². The van der Waals surface area contributed by atoms with Crippen molar-refractivity contribution in [2.45, 2.75) is 91.4 Å². The van der Waals surface area contributed by atoms with Gasteiger partial charge in [-0.2, -0.15) is 13.2 Å². The number of halogens is 3. The minimum absolute atomic E-state index is 0.260. The summed E-state index contributed by atoms with van der Waals surface area (Å²) in [6.07, 6.45) is -2.88. The summed E-state index contributed by atoms with van der Waals surface area (Å²) >= 11 is 0. The Morgan fingerprint density at radius 1 is 0.917 bits per heavy atom. The third-order valence-corrected chi connectivity index (χ3v) is 8.52. The molecule has 0 bridgehead atoms. The van der Waals surface area contributed by atoms with Crippen LogP contribution in [0.5, 0.6) is 11.5 Å². The van der Waals surface area contributed by atoms with Crippen molar-refractivity contribution in [2.24, 2.45) is 0 Å². The van der Waals surface area contributed by atoms with E-state index in [1.807, 2.05) is 60.6 Å². The molecule has 2 N–H and O–H groups in total. The van der Waals surface area contributed by atoms with E-state index in [0.29, 0.717) is 24.2 Å². The van der Waals surface area contributed by atoms with Gasteiger partial charge in [0.15, 0.2) is 0 Å². The van der Waals surface area contributed by atoms with Gasteiger partial charge in [0.05, 0.1) is 11.8 Å². The topological polar surface area (TPSA) is 66.8 Å². The van der Waals surface area contributed by atoms with Crippen molar-refractivity contribution in [2.75, 3.05) is 6.23 Å². The number of phenols is 1. The molecule has 0 saturated carbocycles. The molecule has 0 aliphatic heterocycles. The number of aromatic hydroxyl groups is 1. The molecule has 0 unspecified atom stereocenters. The minimum atomic E-state index is -4.33. The summed E-state index contributed by atoms with van der Waals surface area (Å²) in [6.45, 7) is 18.2. The van der Waals surface area contributed by atoms with Gasteiger partial charge in [-0.1, -0.05) is 91.0 Å². The van der Waals surface area contributed by atoms with E-state index in [4.69, 9.17) is 9.84 Å². The average Bonchev–Trinajstić information content (AvgIpc) is 2.71. The molecule has 0 heterocycles. The second kappa shape index (κ2) is 11.7. The van der Waals surface area contributed by atoms with Gasteiger partial charge in [0, 0.05) is 17.5 Å². The number of carboxylic acid groups (broad SMARTS) is 1. The molecule has 4 nitrogen and oxygen atoms in total. The lowest BCUT2D eigenvalue weighted by Gasteiger charge is -2.29. The Labute approximate surface area is 214 Å². The predicted octanol–water partition coefficient (Wildman–Crippen LogP) is 7.41. The first-order valence-corrected chi connectivity index (χ1v) is 15.3. The number of benzene rings is 2. The van der Waals surface area contributed by atoms with Gasteiger partial charge in [-0.15, -0.1) is 0 Å². The Morgan fingerprint density at radius 3 is 1.67 bits per heavy atom. The molecule has 0 aromatic heterocycles. The Kier molecular flexibility index (Phi) is 10.3. The lowest BCUT2D eigenvalue weighted by molar-refractivity contribution is -0.138. The van der Waals surface area contributed by atoms with Crippen molar-refractivity contribution >= 4 is 19.2 Å². The lowest BCUT2D eigenvalue weighted by Crippen LogP contribution is -2.47. The van der Waals surface area contributed by atoms with Crippen molar-refractivity contribution in [1.82, 2.24) is 0 Å². The van der Waals surface area contributed by atoms with E-state index >= 15 is 0 Å². The van der Waals surface area contributed by atoms with Crippen molar-refractivity contribution in [3.8, 4) is 11.5 Å². The van der Waals surface area contributed by atoms with Gasteiger partial charge in [0.2, 0.25) is 0 Å². The first-order chi connectivity index (χ1) is 16.2. The van der Waals surface area contributed by atoms with Gasteiger partial charge in [0.1, 0.15) is 19.6 Å². The highest BCUT2D eigenvalue weighted by molar-refractivity contribution is 6.89. The number of hydrogen-bond donors (Lipinski definition) is 2. The van der Waals surface area contributed by atoms with Crippen molar-refractivity contribution in [1.29, 1.82) is 0 Å². The lowest BCUT2D eigenvalue weighted by atomic mass is 9.79. The Morgan fingerprint density at radius 2 is 1.36 bits per heavy atom. The molecule has 2 aromatic carbocycles. The number of ether oxygens (including phenoxy) is 1. The standard InChI is InChI=1S/C24H33F3O2Si.C4H8O2/c1-22(2,3)19-13-17(14-20(21(19)28)23(4,5)6)29-15-30(7,8)18-11-9-16(10-12-18)24(25,26)27;1-2-3-4(5)6/h9-14,28H,15H2,1-8H3;2-3H2,1H3,(H,5,6). The number of aliphatic carboxylic acids is 1. The molecule has 202 valence electrons. The van der Waals surface area contributed by atoms with E-state index in [9.17, 15) is 23.1 Å². The fourth-order valence-electron chi connectivity index (χ4n) is 3.51. The first kappa shape index (κ1) is 31.5. The van der Waals surface area contributed by atoms with Crippen LogP contribution in [0.25, 0.3) is 0 Å². The first-order valence-electron chi connectivity index (χ1n) is 12.1. The Balaban J connectivity index is 0.000000960. The van der Waals surface area contributed by atoms with Crippen LogP contribution >= 0.6 is 0 Å². The molecular formula is C28H41F3O4Si. The number of hydrogen-bond acceptors (Lipinski definition) is 3. The van der Waals surface area contributed by atoms with Crippen LogP contribution in [0.1, 0.15) is 78.0 Å². The predicted molar refractivity (Wildman–Crippen MR) is 142 cm³/mol. The molecule has 0 spiro atoms. The fraction of sp³-hybridized carbons (Fsp3) is 0.536. The fourth-order valence-corrected chi connectivity index (χ4v) is 5.27. The number of phenolic OH excluding ortho intramolecular Hbond substituents is 1. The van der Waals surface area contributed by atoms with E-state index in [0.717, 1.165) is 34.9 Å².